The van der Waals surface area contributed by atoms with Gasteiger partial charge in [0.15, 0.2) is 0 Å². The molecule has 0 amide bonds. The number of nitriles is 1. The number of carbonyl (C=O) groups excluding carboxylic acids is 1. The minimum Gasteiger partial charge on any atom is -0.469 e. The molecule has 1 fully saturated rings. The maximum absolute atomic E-state index is 10.9. The van der Waals surface area contributed by atoms with Crippen molar-refractivity contribution in [3.8, 4) is 6.07 Å². The third kappa shape index (κ3) is 3.02. The Bertz CT molecular complexity index is 232. The van der Waals surface area contributed by atoms with Crippen molar-refractivity contribution in [2.75, 3.05) is 7.11 Å². The number of carbonyl (C=O) groups is 1. The largest absolute Gasteiger partial charge is 0.469 e. The molecule has 3 heteroatoms. The van der Waals surface area contributed by atoms with Gasteiger partial charge in [-0.1, -0.05) is 12.8 Å². The number of nitrogens with zero attached hydrogens (tertiary/aromatic N) is 1. The smallest absolute Gasteiger partial charge is 0.305 e. The van der Waals surface area contributed by atoms with Crippen LogP contribution in [0.2, 0.25) is 0 Å². The molecule has 0 saturated heterocycles. The molecular weight excluding hydrogens is 178 g/mol. The zero-order valence-electron chi connectivity index (χ0n) is 8.66. The average Bonchev–Trinajstić information content (AvgIpc) is 2.26. The highest BCUT2D eigenvalue weighted by Crippen LogP contribution is 2.32. The molecule has 1 rings (SSSR count). The number of rotatable bonds is 3. The number of ether oxygens (including phenoxy) is 1. The predicted molar refractivity (Wildman–Crippen MR) is 52.3 cm³/mol. The van der Waals surface area contributed by atoms with Crippen LogP contribution in [0.15, 0.2) is 0 Å². The van der Waals surface area contributed by atoms with E-state index in [4.69, 9.17) is 5.26 Å². The lowest BCUT2D eigenvalue weighted by Gasteiger charge is -2.26. The van der Waals surface area contributed by atoms with E-state index in [0.29, 0.717) is 12.3 Å². The normalized spacial score (nSPS) is 26.6. The van der Waals surface area contributed by atoms with E-state index in [1.807, 2.05) is 0 Å². The Morgan fingerprint density at radius 1 is 1.50 bits per heavy atom. The van der Waals surface area contributed by atoms with Crippen LogP contribution in [-0.2, 0) is 9.53 Å². The Morgan fingerprint density at radius 3 is 2.86 bits per heavy atom. The van der Waals surface area contributed by atoms with E-state index in [0.717, 1.165) is 25.7 Å². The van der Waals surface area contributed by atoms with E-state index in [1.54, 1.807) is 0 Å². The number of esters is 1. The average molecular weight is 195 g/mol. The molecule has 2 atom stereocenters. The van der Waals surface area contributed by atoms with E-state index in [9.17, 15) is 4.79 Å². The van der Waals surface area contributed by atoms with E-state index in [-0.39, 0.29) is 11.9 Å². The van der Waals surface area contributed by atoms with Gasteiger partial charge in [-0.2, -0.15) is 5.26 Å². The molecule has 0 bridgehead atoms. The van der Waals surface area contributed by atoms with Gasteiger partial charge in [-0.05, 0) is 25.2 Å². The Labute approximate surface area is 85.1 Å². The van der Waals surface area contributed by atoms with Gasteiger partial charge < -0.3 is 4.74 Å². The van der Waals surface area contributed by atoms with Gasteiger partial charge in [0.2, 0.25) is 0 Å². The van der Waals surface area contributed by atoms with E-state index < -0.39 is 0 Å². The van der Waals surface area contributed by atoms with Crippen LogP contribution in [-0.4, -0.2) is 13.1 Å². The van der Waals surface area contributed by atoms with Crippen LogP contribution < -0.4 is 0 Å². The molecule has 1 aliphatic rings. The molecule has 0 aliphatic heterocycles. The summed E-state index contributed by atoms with van der Waals surface area (Å²) in [6.45, 7) is 0. The highest BCUT2D eigenvalue weighted by atomic mass is 16.5. The van der Waals surface area contributed by atoms with Crippen molar-refractivity contribution in [2.45, 2.75) is 38.5 Å². The number of methoxy groups -OCH3 is 1. The second-order valence-electron chi connectivity index (χ2n) is 3.89. The number of hydrogen-bond acceptors (Lipinski definition) is 3. The van der Waals surface area contributed by atoms with E-state index in [1.165, 1.54) is 13.5 Å². The first-order chi connectivity index (χ1) is 6.77. The lowest BCUT2D eigenvalue weighted by Crippen LogP contribution is -2.19. The van der Waals surface area contributed by atoms with Gasteiger partial charge in [0, 0.05) is 12.3 Å². The molecule has 1 aliphatic carbocycles. The van der Waals surface area contributed by atoms with Crippen LogP contribution in [0.5, 0.6) is 0 Å². The first-order valence-electron chi connectivity index (χ1n) is 5.24. The monoisotopic (exact) mass is 195 g/mol. The van der Waals surface area contributed by atoms with Gasteiger partial charge in [-0.25, -0.2) is 0 Å². The van der Waals surface area contributed by atoms with Gasteiger partial charge >= 0.3 is 5.97 Å². The summed E-state index contributed by atoms with van der Waals surface area (Å²) in [4.78, 5) is 10.9. The van der Waals surface area contributed by atoms with Crippen LogP contribution in [0.4, 0.5) is 0 Å². The molecule has 0 heterocycles. The third-order valence-electron chi connectivity index (χ3n) is 3.02. The summed E-state index contributed by atoms with van der Waals surface area (Å²) in [5.41, 5.74) is 0. The van der Waals surface area contributed by atoms with E-state index >= 15 is 0 Å². The quantitative estimate of drug-likeness (QED) is 0.649. The molecular formula is C11H17NO2. The van der Waals surface area contributed by atoms with Crippen LogP contribution in [0, 0.1) is 23.2 Å². The molecule has 0 aromatic carbocycles. The van der Waals surface area contributed by atoms with Gasteiger partial charge in [0.25, 0.3) is 0 Å². The molecule has 0 spiro atoms. The van der Waals surface area contributed by atoms with Crippen LogP contribution in [0.3, 0.4) is 0 Å². The van der Waals surface area contributed by atoms with Gasteiger partial charge in [-0.3, -0.25) is 4.79 Å². The molecule has 78 valence electrons. The summed E-state index contributed by atoms with van der Waals surface area (Å²) >= 11 is 0. The molecule has 1 saturated carbocycles. The molecule has 0 aromatic heterocycles. The van der Waals surface area contributed by atoms with E-state index in [2.05, 4.69) is 10.8 Å². The first kappa shape index (κ1) is 11.0. The minimum absolute atomic E-state index is 0.160. The highest BCUT2D eigenvalue weighted by molar-refractivity contribution is 5.69. The molecule has 2 unspecified atom stereocenters. The first-order valence-corrected chi connectivity index (χ1v) is 5.24. The fourth-order valence-corrected chi connectivity index (χ4v) is 2.13. The molecule has 0 N–H and O–H groups in total. The third-order valence-corrected chi connectivity index (χ3v) is 3.02. The molecule has 14 heavy (non-hydrogen) atoms. The SMILES string of the molecule is COC(=O)CCC1CCCCC1C#N. The maximum atomic E-state index is 10.9. The zero-order valence-corrected chi connectivity index (χ0v) is 8.66. The van der Waals surface area contributed by atoms with Crippen LogP contribution in [0.1, 0.15) is 38.5 Å². The molecule has 0 radical (unpaired) electrons. The van der Waals surface area contributed by atoms with Crippen LogP contribution in [0.25, 0.3) is 0 Å². The Balaban J connectivity index is 2.34. The summed E-state index contributed by atoms with van der Waals surface area (Å²) in [6.07, 6.45) is 5.72. The highest BCUT2D eigenvalue weighted by Gasteiger charge is 2.25. The lowest BCUT2D eigenvalue weighted by molar-refractivity contribution is -0.141. The second kappa shape index (κ2) is 5.64. The molecule has 3 nitrogen and oxygen atoms in total. The van der Waals surface area contributed by atoms with Crippen molar-refractivity contribution in [3.05, 3.63) is 0 Å². The summed E-state index contributed by atoms with van der Waals surface area (Å²) in [5, 5.41) is 8.92. The fourth-order valence-electron chi connectivity index (χ4n) is 2.13. The fraction of sp³-hybridized carbons (Fsp3) is 0.818. The maximum Gasteiger partial charge on any atom is 0.305 e. The van der Waals surface area contributed by atoms with Crippen molar-refractivity contribution in [3.63, 3.8) is 0 Å². The summed E-state index contributed by atoms with van der Waals surface area (Å²) in [5.74, 6) is 0.411. The summed E-state index contributed by atoms with van der Waals surface area (Å²) in [7, 11) is 1.41. The second-order valence-corrected chi connectivity index (χ2v) is 3.89. The Kier molecular flexibility index (Phi) is 4.45. The van der Waals surface area contributed by atoms with Crippen molar-refractivity contribution in [1.82, 2.24) is 0 Å². The van der Waals surface area contributed by atoms with Gasteiger partial charge in [0.05, 0.1) is 13.2 Å². The summed E-state index contributed by atoms with van der Waals surface area (Å²) < 4.78 is 4.59. The van der Waals surface area contributed by atoms with Crippen molar-refractivity contribution in [2.24, 2.45) is 11.8 Å². The topological polar surface area (TPSA) is 50.1 Å². The summed E-state index contributed by atoms with van der Waals surface area (Å²) in [6, 6.07) is 2.34. The lowest BCUT2D eigenvalue weighted by atomic mass is 9.78. The zero-order chi connectivity index (χ0) is 10.4. The van der Waals surface area contributed by atoms with Crippen LogP contribution >= 0.6 is 0 Å². The van der Waals surface area contributed by atoms with Crippen molar-refractivity contribution < 1.29 is 9.53 Å². The standard InChI is InChI=1S/C11H17NO2/c1-14-11(13)7-6-9-4-2-3-5-10(9)8-12/h9-10H,2-7H2,1H3. The molecule has 0 aromatic rings. The Hall–Kier alpha value is -1.04. The minimum atomic E-state index is -0.160. The van der Waals surface area contributed by atoms with Gasteiger partial charge in [0.1, 0.15) is 0 Å². The number of hydrogen-bond donors (Lipinski definition) is 0. The van der Waals surface area contributed by atoms with Gasteiger partial charge in [-0.15, -0.1) is 0 Å². The Morgan fingerprint density at radius 2 is 2.21 bits per heavy atom. The van der Waals surface area contributed by atoms with Crippen molar-refractivity contribution >= 4 is 5.97 Å². The van der Waals surface area contributed by atoms with Crippen molar-refractivity contribution in [1.29, 1.82) is 5.26 Å². The predicted octanol–water partition coefficient (Wildman–Crippen LogP) is 2.27.